The van der Waals surface area contributed by atoms with Crippen molar-refractivity contribution in [2.24, 2.45) is 0 Å². The number of aromatic nitrogens is 1. The number of nitrogens with one attached hydrogen (secondary N) is 1. The van der Waals surface area contributed by atoms with Crippen LogP contribution >= 0.6 is 27.3 Å². The van der Waals surface area contributed by atoms with Crippen molar-refractivity contribution < 1.29 is 9.53 Å². The molecule has 2 rings (SSSR count). The fourth-order valence-corrected chi connectivity index (χ4v) is 3.66. The second-order valence-electron chi connectivity index (χ2n) is 5.87. The first-order valence-electron chi connectivity index (χ1n) is 7.65. The maximum Gasteiger partial charge on any atom is 0.234 e. The third kappa shape index (κ3) is 5.29. The number of hydrogen-bond donors (Lipinski definition) is 1. The van der Waals surface area contributed by atoms with E-state index in [9.17, 15) is 4.79 Å². The third-order valence-electron chi connectivity index (χ3n) is 3.27. The van der Waals surface area contributed by atoms with E-state index in [1.165, 1.54) is 0 Å². The maximum atomic E-state index is 11.8. The summed E-state index contributed by atoms with van der Waals surface area (Å²) in [7, 11) is 3.57. The molecule has 7 heteroatoms. The van der Waals surface area contributed by atoms with E-state index in [4.69, 9.17) is 4.74 Å². The molecule has 1 aromatic carbocycles. The Labute approximate surface area is 155 Å². The van der Waals surface area contributed by atoms with Gasteiger partial charge in [-0.1, -0.05) is 0 Å². The monoisotopic (exact) mass is 411 g/mol. The Hall–Kier alpha value is -1.44. The van der Waals surface area contributed by atoms with Crippen LogP contribution in [-0.2, 0) is 11.3 Å². The fourth-order valence-electron chi connectivity index (χ4n) is 2.24. The van der Waals surface area contributed by atoms with Crippen molar-refractivity contribution in [3.63, 3.8) is 0 Å². The number of likely N-dealkylation sites (N-methyl/N-ethyl adjacent to an activating group) is 1. The Kier molecular flexibility index (Phi) is 6.77. The number of hydrogen-bond acceptors (Lipinski definition) is 5. The zero-order valence-electron chi connectivity index (χ0n) is 14.3. The van der Waals surface area contributed by atoms with Gasteiger partial charge in [0, 0.05) is 17.0 Å². The molecule has 1 heterocycles. The zero-order chi connectivity index (χ0) is 17.7. The molecular weight excluding hydrogens is 390 g/mol. The van der Waals surface area contributed by atoms with Gasteiger partial charge in [0.25, 0.3) is 0 Å². The summed E-state index contributed by atoms with van der Waals surface area (Å²) in [5.74, 6) is 0.827. The smallest absolute Gasteiger partial charge is 0.234 e. The highest BCUT2D eigenvalue weighted by Crippen LogP contribution is 2.31. The van der Waals surface area contributed by atoms with E-state index >= 15 is 0 Å². The van der Waals surface area contributed by atoms with Crippen molar-refractivity contribution in [2.75, 3.05) is 20.7 Å². The summed E-state index contributed by atoms with van der Waals surface area (Å²) in [6.45, 7) is 4.92. The Morgan fingerprint density at radius 2 is 2.21 bits per heavy atom. The van der Waals surface area contributed by atoms with Gasteiger partial charge in [-0.25, -0.2) is 4.98 Å². The molecule has 0 atom stereocenters. The highest BCUT2D eigenvalue weighted by Gasteiger charge is 2.12. The van der Waals surface area contributed by atoms with Crippen molar-refractivity contribution >= 4 is 33.2 Å². The lowest BCUT2D eigenvalue weighted by molar-refractivity contribution is -0.122. The Balaban J connectivity index is 2.00. The molecule has 1 N–H and O–H groups in total. The second kappa shape index (κ2) is 8.60. The van der Waals surface area contributed by atoms with Crippen LogP contribution < -0.4 is 10.1 Å². The first-order valence-corrected chi connectivity index (χ1v) is 9.32. The van der Waals surface area contributed by atoms with Crippen LogP contribution in [0, 0.1) is 0 Å². The highest BCUT2D eigenvalue weighted by molar-refractivity contribution is 9.10. The van der Waals surface area contributed by atoms with Gasteiger partial charge >= 0.3 is 0 Å². The molecule has 0 unspecified atom stereocenters. The predicted molar refractivity (Wildman–Crippen MR) is 101 cm³/mol. The van der Waals surface area contributed by atoms with E-state index in [1.807, 2.05) is 49.4 Å². The molecule has 0 saturated heterocycles. The van der Waals surface area contributed by atoms with Crippen molar-refractivity contribution in [2.45, 2.75) is 26.4 Å². The van der Waals surface area contributed by atoms with E-state index in [2.05, 4.69) is 26.2 Å². The average Bonchev–Trinajstić information content (AvgIpc) is 2.94. The van der Waals surface area contributed by atoms with Gasteiger partial charge in [0.2, 0.25) is 5.91 Å². The standard InChI is InChI=1S/C17H22BrN3O2S/c1-11(2)19-16(22)8-21(3)9-17-20-14(10-24-17)12-5-6-15(23-4)13(18)7-12/h5-7,10-11H,8-9H2,1-4H3,(H,19,22). The van der Waals surface area contributed by atoms with Crippen molar-refractivity contribution in [3.05, 3.63) is 33.1 Å². The van der Waals surface area contributed by atoms with Crippen LogP contribution in [0.2, 0.25) is 0 Å². The molecule has 1 aromatic heterocycles. The first kappa shape index (κ1) is 18.9. The van der Waals surface area contributed by atoms with Gasteiger partial charge in [0.1, 0.15) is 10.8 Å². The first-order chi connectivity index (χ1) is 11.4. The van der Waals surface area contributed by atoms with Gasteiger partial charge in [-0.05, 0) is 55.0 Å². The molecule has 1 amide bonds. The number of benzene rings is 1. The Morgan fingerprint density at radius 3 is 2.83 bits per heavy atom. The lowest BCUT2D eigenvalue weighted by Crippen LogP contribution is -2.38. The fraction of sp³-hybridized carbons (Fsp3) is 0.412. The lowest BCUT2D eigenvalue weighted by atomic mass is 10.2. The topological polar surface area (TPSA) is 54.5 Å². The number of carbonyl (C=O) groups is 1. The molecule has 0 aliphatic carbocycles. The molecule has 0 aliphatic heterocycles. The van der Waals surface area contributed by atoms with E-state index in [0.29, 0.717) is 13.1 Å². The van der Waals surface area contributed by atoms with Gasteiger partial charge in [0.05, 0.1) is 30.4 Å². The summed E-state index contributed by atoms with van der Waals surface area (Å²) in [6, 6.07) is 6.06. The van der Waals surface area contributed by atoms with Gasteiger partial charge in [-0.2, -0.15) is 0 Å². The van der Waals surface area contributed by atoms with Crippen LogP contribution in [0.25, 0.3) is 11.3 Å². The van der Waals surface area contributed by atoms with Crippen molar-refractivity contribution in [1.82, 2.24) is 15.2 Å². The molecular formula is C17H22BrN3O2S. The van der Waals surface area contributed by atoms with Gasteiger partial charge < -0.3 is 10.1 Å². The Morgan fingerprint density at radius 1 is 1.46 bits per heavy atom. The van der Waals surface area contributed by atoms with Crippen LogP contribution in [0.15, 0.2) is 28.1 Å². The average molecular weight is 412 g/mol. The number of carbonyl (C=O) groups excluding carboxylic acids is 1. The normalized spacial score (nSPS) is 11.1. The summed E-state index contributed by atoms with van der Waals surface area (Å²) in [4.78, 5) is 18.4. The molecule has 130 valence electrons. The number of nitrogens with zero attached hydrogens (tertiary/aromatic N) is 2. The maximum absolute atomic E-state index is 11.8. The van der Waals surface area contributed by atoms with Crippen LogP contribution in [0.3, 0.4) is 0 Å². The number of rotatable bonds is 7. The molecule has 0 aliphatic rings. The van der Waals surface area contributed by atoms with Crippen LogP contribution in [0.5, 0.6) is 5.75 Å². The summed E-state index contributed by atoms with van der Waals surface area (Å²) < 4.78 is 6.15. The minimum Gasteiger partial charge on any atom is -0.496 e. The molecule has 0 bridgehead atoms. The summed E-state index contributed by atoms with van der Waals surface area (Å²) in [5.41, 5.74) is 1.96. The van der Waals surface area contributed by atoms with Gasteiger partial charge in [-0.3, -0.25) is 9.69 Å². The Bertz CT molecular complexity index is 703. The number of halogens is 1. The van der Waals surface area contributed by atoms with E-state index in [1.54, 1.807) is 18.4 Å². The number of thiazole rings is 1. The molecule has 24 heavy (non-hydrogen) atoms. The number of ether oxygens (including phenoxy) is 1. The van der Waals surface area contributed by atoms with Crippen LogP contribution in [0.4, 0.5) is 0 Å². The quantitative estimate of drug-likeness (QED) is 0.756. The van der Waals surface area contributed by atoms with E-state index < -0.39 is 0 Å². The van der Waals surface area contributed by atoms with E-state index in [0.717, 1.165) is 26.5 Å². The molecule has 5 nitrogen and oxygen atoms in total. The van der Waals surface area contributed by atoms with Crippen molar-refractivity contribution in [1.29, 1.82) is 0 Å². The summed E-state index contributed by atoms with van der Waals surface area (Å²) in [5, 5.41) is 5.91. The molecule has 0 radical (unpaired) electrons. The van der Waals surface area contributed by atoms with Crippen LogP contribution in [-0.4, -0.2) is 42.5 Å². The van der Waals surface area contributed by atoms with E-state index in [-0.39, 0.29) is 11.9 Å². The SMILES string of the molecule is COc1ccc(-c2csc(CN(C)CC(=O)NC(C)C)n2)cc1Br. The molecule has 0 spiro atoms. The number of methoxy groups -OCH3 is 1. The van der Waals surface area contributed by atoms with Crippen LogP contribution in [0.1, 0.15) is 18.9 Å². The van der Waals surface area contributed by atoms with Gasteiger partial charge in [-0.15, -0.1) is 11.3 Å². The molecule has 0 fully saturated rings. The molecule has 2 aromatic rings. The minimum absolute atomic E-state index is 0.0309. The third-order valence-corrected chi connectivity index (χ3v) is 4.72. The van der Waals surface area contributed by atoms with Gasteiger partial charge in [0.15, 0.2) is 0 Å². The molecule has 0 saturated carbocycles. The second-order valence-corrected chi connectivity index (χ2v) is 7.67. The van der Waals surface area contributed by atoms with Crippen molar-refractivity contribution in [3.8, 4) is 17.0 Å². The largest absolute Gasteiger partial charge is 0.496 e. The zero-order valence-corrected chi connectivity index (χ0v) is 16.7. The number of amides is 1. The lowest BCUT2D eigenvalue weighted by Gasteiger charge is -2.16. The predicted octanol–water partition coefficient (Wildman–Crippen LogP) is 3.54. The minimum atomic E-state index is 0.0309. The highest BCUT2D eigenvalue weighted by atomic mass is 79.9. The summed E-state index contributed by atoms with van der Waals surface area (Å²) in [6.07, 6.45) is 0. The summed E-state index contributed by atoms with van der Waals surface area (Å²) >= 11 is 5.09.